The third-order valence-electron chi connectivity index (χ3n) is 3.40. The van der Waals surface area contributed by atoms with Gasteiger partial charge in [0.15, 0.2) is 5.82 Å². The first-order valence-electron chi connectivity index (χ1n) is 6.64. The zero-order valence-electron chi connectivity index (χ0n) is 12.0. The lowest BCUT2D eigenvalue weighted by molar-refractivity contribution is 0.426. The van der Waals surface area contributed by atoms with Crippen LogP contribution < -0.4 is 0 Å². The van der Waals surface area contributed by atoms with Crippen molar-refractivity contribution in [3.8, 4) is 5.88 Å². The third kappa shape index (κ3) is 2.34. The fraction of sp³-hybridized carbons (Fsp3) is 0.267. The summed E-state index contributed by atoms with van der Waals surface area (Å²) in [5.74, 6) is 1.83. The summed E-state index contributed by atoms with van der Waals surface area (Å²) in [6.45, 7) is 4.07. The second-order valence-corrected chi connectivity index (χ2v) is 5.71. The molecule has 0 amide bonds. The van der Waals surface area contributed by atoms with Gasteiger partial charge < -0.3 is 9.67 Å². The Balaban J connectivity index is 2.08. The van der Waals surface area contributed by atoms with E-state index in [-0.39, 0.29) is 11.8 Å². The summed E-state index contributed by atoms with van der Waals surface area (Å²) in [7, 11) is 1.80. The summed E-state index contributed by atoms with van der Waals surface area (Å²) in [4.78, 5) is 12.9. The fourth-order valence-electron chi connectivity index (χ4n) is 2.35. The van der Waals surface area contributed by atoms with Crippen molar-refractivity contribution in [3.63, 3.8) is 0 Å². The Bertz CT molecular complexity index is 774. The van der Waals surface area contributed by atoms with Crippen LogP contribution in [0.2, 0.25) is 5.02 Å². The highest BCUT2D eigenvalue weighted by atomic mass is 35.5. The number of hydrogen-bond donors (Lipinski definition) is 1. The minimum absolute atomic E-state index is 0.142. The first-order valence-corrected chi connectivity index (χ1v) is 7.02. The number of fused-ring (bicyclic) bond motifs is 1. The molecule has 2 aromatic heterocycles. The Hall–Kier alpha value is -2.14. The van der Waals surface area contributed by atoms with Crippen molar-refractivity contribution in [2.45, 2.75) is 19.8 Å². The molecule has 6 heteroatoms. The van der Waals surface area contributed by atoms with E-state index in [1.165, 1.54) is 0 Å². The van der Waals surface area contributed by atoms with E-state index in [2.05, 4.69) is 15.0 Å². The van der Waals surface area contributed by atoms with Gasteiger partial charge in [-0.3, -0.25) is 0 Å². The minimum atomic E-state index is 0.142. The van der Waals surface area contributed by atoms with Crippen LogP contribution in [0.15, 0.2) is 17.3 Å². The molecule has 0 radical (unpaired) electrons. The average Bonchev–Trinajstić information content (AvgIpc) is 2.95. The molecule has 0 saturated heterocycles. The largest absolute Gasteiger partial charge is 0.493 e. The number of aromatic nitrogens is 3. The van der Waals surface area contributed by atoms with Gasteiger partial charge in [-0.1, -0.05) is 25.4 Å². The van der Waals surface area contributed by atoms with Gasteiger partial charge in [0.2, 0.25) is 5.88 Å². The van der Waals surface area contributed by atoms with Crippen molar-refractivity contribution in [1.82, 2.24) is 14.5 Å². The molecule has 21 heavy (non-hydrogen) atoms. The molecule has 0 saturated carbocycles. The van der Waals surface area contributed by atoms with Gasteiger partial charge in [0.05, 0.1) is 5.02 Å². The summed E-state index contributed by atoms with van der Waals surface area (Å²) in [5, 5.41) is 10.8. The summed E-state index contributed by atoms with van der Waals surface area (Å²) in [6, 6.07) is 1.81. The Morgan fingerprint density at radius 2 is 2.14 bits per heavy atom. The highest BCUT2D eigenvalue weighted by Crippen LogP contribution is 2.34. The lowest BCUT2D eigenvalue weighted by atomic mass is 10.1. The van der Waals surface area contributed by atoms with Crippen LogP contribution in [0.1, 0.15) is 36.8 Å². The maximum Gasteiger partial charge on any atom is 0.218 e. The molecule has 0 bridgehead atoms. The predicted molar refractivity (Wildman–Crippen MR) is 84.2 cm³/mol. The fourth-order valence-corrected chi connectivity index (χ4v) is 2.51. The van der Waals surface area contributed by atoms with Crippen LogP contribution >= 0.6 is 11.6 Å². The van der Waals surface area contributed by atoms with Gasteiger partial charge in [0, 0.05) is 36.5 Å². The van der Waals surface area contributed by atoms with Crippen LogP contribution in [0.4, 0.5) is 5.82 Å². The van der Waals surface area contributed by atoms with Crippen LogP contribution in [-0.2, 0) is 7.05 Å². The first kappa shape index (κ1) is 13.8. The smallest absolute Gasteiger partial charge is 0.218 e. The highest BCUT2D eigenvalue weighted by Gasteiger charge is 2.18. The monoisotopic (exact) mass is 302 g/mol. The van der Waals surface area contributed by atoms with Crippen molar-refractivity contribution >= 4 is 35.3 Å². The summed E-state index contributed by atoms with van der Waals surface area (Å²) >= 11 is 5.98. The third-order valence-corrected chi connectivity index (χ3v) is 3.61. The SMILES string of the molecule is CC(C)c1nc(/C=C2/C=Nc3ncc(Cl)cc32)c(O)n1C. The number of allylic oxidation sites excluding steroid dienone is 1. The number of imidazole rings is 1. The Labute approximate surface area is 127 Å². The summed E-state index contributed by atoms with van der Waals surface area (Å²) < 4.78 is 1.69. The molecular formula is C15H15ClN4O. The van der Waals surface area contributed by atoms with Gasteiger partial charge in [0.1, 0.15) is 11.5 Å². The van der Waals surface area contributed by atoms with Crippen LogP contribution in [0, 0.1) is 0 Å². The molecule has 0 fully saturated rings. The molecule has 1 aliphatic heterocycles. The molecule has 0 unspecified atom stereocenters. The van der Waals surface area contributed by atoms with Gasteiger partial charge in [-0.2, -0.15) is 0 Å². The van der Waals surface area contributed by atoms with Gasteiger partial charge in [-0.05, 0) is 12.1 Å². The quantitative estimate of drug-likeness (QED) is 0.922. The van der Waals surface area contributed by atoms with E-state index in [9.17, 15) is 5.11 Å². The normalized spacial score (nSPS) is 15.2. The molecule has 1 N–H and O–H groups in total. The van der Waals surface area contributed by atoms with Crippen molar-refractivity contribution < 1.29 is 5.11 Å². The molecule has 0 aliphatic carbocycles. The first-order chi connectivity index (χ1) is 9.97. The van der Waals surface area contributed by atoms with Gasteiger partial charge >= 0.3 is 0 Å². The summed E-state index contributed by atoms with van der Waals surface area (Å²) in [6.07, 6.45) is 5.07. The van der Waals surface area contributed by atoms with E-state index in [1.54, 1.807) is 30.1 Å². The molecule has 108 valence electrons. The zero-order chi connectivity index (χ0) is 15.1. The maximum absolute atomic E-state index is 10.2. The standard InChI is InChI=1S/C15H15ClN4O/c1-8(2)14-19-12(15(21)20(14)3)4-9-6-17-13-11(9)5-10(16)7-18-13/h4-8,21H,1-3H3/b9-4-. The van der Waals surface area contributed by atoms with Crippen LogP contribution in [0.3, 0.4) is 0 Å². The second-order valence-electron chi connectivity index (χ2n) is 5.28. The number of nitrogens with zero attached hydrogens (tertiary/aromatic N) is 4. The van der Waals surface area contributed by atoms with E-state index >= 15 is 0 Å². The molecule has 2 aromatic rings. The molecule has 0 aromatic carbocycles. The number of aromatic hydroxyl groups is 1. The highest BCUT2D eigenvalue weighted by molar-refractivity contribution is 6.31. The van der Waals surface area contributed by atoms with E-state index < -0.39 is 0 Å². The van der Waals surface area contributed by atoms with E-state index in [0.717, 1.165) is 17.0 Å². The molecule has 0 spiro atoms. The van der Waals surface area contributed by atoms with Gasteiger partial charge in [0.25, 0.3) is 0 Å². The van der Waals surface area contributed by atoms with E-state index in [0.29, 0.717) is 16.5 Å². The van der Waals surface area contributed by atoms with E-state index in [1.807, 2.05) is 19.9 Å². The minimum Gasteiger partial charge on any atom is -0.493 e. The van der Waals surface area contributed by atoms with Crippen molar-refractivity contribution in [1.29, 1.82) is 0 Å². The van der Waals surface area contributed by atoms with Crippen molar-refractivity contribution in [2.75, 3.05) is 0 Å². The number of aliphatic imine (C=N–C) groups is 1. The number of hydrogen-bond acceptors (Lipinski definition) is 4. The Morgan fingerprint density at radius 3 is 2.81 bits per heavy atom. The van der Waals surface area contributed by atoms with E-state index in [4.69, 9.17) is 11.6 Å². The predicted octanol–water partition coefficient (Wildman–Crippen LogP) is 3.55. The average molecular weight is 303 g/mol. The summed E-state index contributed by atoms with van der Waals surface area (Å²) in [5.41, 5.74) is 2.21. The number of halogens is 1. The van der Waals surface area contributed by atoms with Gasteiger partial charge in [-0.15, -0.1) is 0 Å². The van der Waals surface area contributed by atoms with Crippen molar-refractivity contribution in [2.24, 2.45) is 12.0 Å². The second kappa shape index (κ2) is 5.00. The topological polar surface area (TPSA) is 63.3 Å². The number of rotatable bonds is 2. The number of pyridine rings is 1. The molecule has 5 nitrogen and oxygen atoms in total. The van der Waals surface area contributed by atoms with Crippen LogP contribution in [0.25, 0.3) is 11.6 Å². The zero-order valence-corrected chi connectivity index (χ0v) is 12.8. The van der Waals surface area contributed by atoms with Crippen LogP contribution in [-0.4, -0.2) is 25.9 Å². The lowest BCUT2D eigenvalue weighted by Gasteiger charge is -2.03. The molecule has 0 atom stereocenters. The Morgan fingerprint density at radius 1 is 1.38 bits per heavy atom. The van der Waals surface area contributed by atoms with Gasteiger partial charge in [-0.25, -0.2) is 15.0 Å². The Kier molecular flexibility index (Phi) is 3.29. The molecule has 3 heterocycles. The van der Waals surface area contributed by atoms with Crippen LogP contribution in [0.5, 0.6) is 5.88 Å². The van der Waals surface area contributed by atoms with Crippen molar-refractivity contribution in [3.05, 3.63) is 34.4 Å². The maximum atomic E-state index is 10.2. The lowest BCUT2D eigenvalue weighted by Crippen LogP contribution is -1.98. The molecular weight excluding hydrogens is 288 g/mol. The molecule has 1 aliphatic rings. The molecule has 3 rings (SSSR count).